The van der Waals surface area contributed by atoms with E-state index in [0.29, 0.717) is 36.2 Å². The Morgan fingerprint density at radius 1 is 1.28 bits per heavy atom. The molecule has 1 atom stereocenters. The van der Waals surface area contributed by atoms with E-state index in [1.165, 1.54) is 11.1 Å². The molecule has 166 valence electrons. The van der Waals surface area contributed by atoms with E-state index in [2.05, 4.69) is 21.1 Å². The monoisotopic (exact) mass is 434 g/mol. The van der Waals surface area contributed by atoms with Crippen LogP contribution >= 0.6 is 0 Å². The van der Waals surface area contributed by atoms with Gasteiger partial charge in [-0.05, 0) is 56.0 Å². The van der Waals surface area contributed by atoms with E-state index in [9.17, 15) is 9.90 Å². The zero-order chi connectivity index (χ0) is 22.4. The number of fused-ring (bicyclic) bond motifs is 1. The first kappa shape index (κ1) is 20.5. The lowest BCUT2D eigenvalue weighted by Gasteiger charge is -2.41. The zero-order valence-electron chi connectivity index (χ0n) is 18.1. The Balaban J connectivity index is 1.39. The summed E-state index contributed by atoms with van der Waals surface area (Å²) in [6.45, 7) is 5.11. The van der Waals surface area contributed by atoms with Gasteiger partial charge < -0.3 is 20.1 Å². The molecule has 1 aliphatic heterocycles. The lowest BCUT2D eigenvalue weighted by atomic mass is 9.94. The van der Waals surface area contributed by atoms with Gasteiger partial charge in [0.2, 0.25) is 5.82 Å². The second-order valence-electron chi connectivity index (χ2n) is 8.76. The molecule has 0 unspecified atom stereocenters. The summed E-state index contributed by atoms with van der Waals surface area (Å²) in [5.74, 6) is 0.614. The highest BCUT2D eigenvalue weighted by Gasteiger charge is 2.40. The second-order valence-corrected chi connectivity index (χ2v) is 8.76. The summed E-state index contributed by atoms with van der Waals surface area (Å²) in [6, 6.07) is 11.9. The summed E-state index contributed by atoms with van der Waals surface area (Å²) < 4.78 is 11.3. The molecular formula is C24H26N4O4. The average molecular weight is 434 g/mol. The van der Waals surface area contributed by atoms with Crippen molar-refractivity contribution in [2.45, 2.75) is 38.8 Å². The Hall–Kier alpha value is -3.39. The lowest BCUT2D eigenvalue weighted by Crippen LogP contribution is -2.51. The van der Waals surface area contributed by atoms with Crippen LogP contribution in [0.25, 0.3) is 22.8 Å². The molecule has 2 aromatic carbocycles. The maximum Gasteiger partial charge on any atom is 0.309 e. The summed E-state index contributed by atoms with van der Waals surface area (Å²) >= 11 is 0. The predicted molar refractivity (Wildman–Crippen MR) is 119 cm³/mol. The van der Waals surface area contributed by atoms with Gasteiger partial charge in [0.25, 0.3) is 5.89 Å². The normalized spacial score (nSPS) is 18.5. The van der Waals surface area contributed by atoms with E-state index in [1.54, 1.807) is 6.07 Å². The summed E-state index contributed by atoms with van der Waals surface area (Å²) in [5, 5.41) is 13.4. The van der Waals surface area contributed by atoms with Gasteiger partial charge in [-0.15, -0.1) is 0 Å². The van der Waals surface area contributed by atoms with Crippen molar-refractivity contribution < 1.29 is 19.2 Å². The standard InChI is InChI=1S/C24H26N4O4/c1-13(2)31-21-9-6-14(10-19(21)25)23-26-22(27-32-23)18-5-3-4-17-16(18)7-8-20(17)28-11-15(12-28)24(29)30/h3-6,9-10,13,15,20H,7-8,11-12,25H2,1-2H3,(H,29,30)/t20-/m0/s1. The molecule has 1 aromatic heterocycles. The summed E-state index contributed by atoms with van der Waals surface area (Å²) in [4.78, 5) is 18.0. The molecule has 0 amide bonds. The molecule has 2 heterocycles. The number of benzene rings is 2. The van der Waals surface area contributed by atoms with Crippen LogP contribution in [0.1, 0.15) is 37.4 Å². The fourth-order valence-electron chi connectivity index (χ4n) is 4.64. The number of nitrogens with zero attached hydrogens (tertiary/aromatic N) is 3. The SMILES string of the molecule is CC(C)Oc1ccc(-c2nc(-c3cccc4c3CC[C@@H]4N3CC(C(=O)O)C3)no2)cc1N. The summed E-state index contributed by atoms with van der Waals surface area (Å²) in [7, 11) is 0. The van der Waals surface area contributed by atoms with E-state index in [-0.39, 0.29) is 18.1 Å². The number of carboxylic acid groups (broad SMARTS) is 1. The van der Waals surface area contributed by atoms with Gasteiger partial charge in [0, 0.05) is 30.3 Å². The summed E-state index contributed by atoms with van der Waals surface area (Å²) in [5.41, 5.74) is 10.8. The largest absolute Gasteiger partial charge is 0.489 e. The molecule has 32 heavy (non-hydrogen) atoms. The number of hydrogen-bond donors (Lipinski definition) is 2. The van der Waals surface area contributed by atoms with Crippen molar-refractivity contribution in [1.29, 1.82) is 0 Å². The number of aromatic nitrogens is 2. The molecule has 5 rings (SSSR count). The molecule has 0 saturated carbocycles. The number of carbonyl (C=O) groups is 1. The number of anilines is 1. The first-order valence-electron chi connectivity index (χ1n) is 10.9. The molecule has 1 fully saturated rings. The van der Waals surface area contributed by atoms with Crippen molar-refractivity contribution in [2.75, 3.05) is 18.8 Å². The fraction of sp³-hybridized carbons (Fsp3) is 0.375. The van der Waals surface area contributed by atoms with Crippen LogP contribution in [0.5, 0.6) is 5.75 Å². The van der Waals surface area contributed by atoms with Gasteiger partial charge in [-0.2, -0.15) is 4.98 Å². The number of nitrogens with two attached hydrogens (primary N) is 1. The number of aliphatic carboxylic acids is 1. The van der Waals surface area contributed by atoms with Gasteiger partial charge in [0.1, 0.15) is 5.75 Å². The Morgan fingerprint density at radius 2 is 2.09 bits per heavy atom. The number of rotatable bonds is 6. The zero-order valence-corrected chi connectivity index (χ0v) is 18.1. The first-order chi connectivity index (χ1) is 15.4. The highest BCUT2D eigenvalue weighted by molar-refractivity contribution is 5.72. The Labute approximate surface area is 186 Å². The molecular weight excluding hydrogens is 408 g/mol. The smallest absolute Gasteiger partial charge is 0.309 e. The minimum absolute atomic E-state index is 0.0356. The maximum absolute atomic E-state index is 11.2. The molecule has 8 heteroatoms. The van der Waals surface area contributed by atoms with Gasteiger partial charge in [-0.25, -0.2) is 0 Å². The number of ether oxygens (including phenoxy) is 1. The third kappa shape index (κ3) is 3.60. The number of nitrogen functional groups attached to an aromatic ring is 1. The first-order valence-corrected chi connectivity index (χ1v) is 10.9. The van der Waals surface area contributed by atoms with Crippen LogP contribution in [0.4, 0.5) is 5.69 Å². The Morgan fingerprint density at radius 3 is 2.81 bits per heavy atom. The number of hydrogen-bond acceptors (Lipinski definition) is 7. The lowest BCUT2D eigenvalue weighted by molar-refractivity contribution is -0.148. The topological polar surface area (TPSA) is 115 Å². The van der Waals surface area contributed by atoms with Crippen molar-refractivity contribution >= 4 is 11.7 Å². The fourth-order valence-corrected chi connectivity index (χ4v) is 4.64. The highest BCUT2D eigenvalue weighted by Crippen LogP contribution is 2.42. The molecule has 1 aliphatic carbocycles. The van der Waals surface area contributed by atoms with E-state index >= 15 is 0 Å². The quantitative estimate of drug-likeness (QED) is 0.564. The van der Waals surface area contributed by atoms with Crippen LogP contribution < -0.4 is 10.5 Å². The van der Waals surface area contributed by atoms with Gasteiger partial charge in [0.05, 0.1) is 17.7 Å². The van der Waals surface area contributed by atoms with Crippen LogP contribution in [0.3, 0.4) is 0 Å². The van der Waals surface area contributed by atoms with Crippen molar-refractivity contribution in [2.24, 2.45) is 5.92 Å². The Kier molecular flexibility index (Phi) is 5.09. The predicted octanol–water partition coefficient (Wildman–Crippen LogP) is 3.78. The van der Waals surface area contributed by atoms with Gasteiger partial charge in [0.15, 0.2) is 0 Å². The maximum atomic E-state index is 11.2. The molecule has 3 N–H and O–H groups in total. The molecule has 0 spiro atoms. The molecule has 0 bridgehead atoms. The molecule has 8 nitrogen and oxygen atoms in total. The van der Waals surface area contributed by atoms with Crippen molar-refractivity contribution in [3.05, 3.63) is 47.5 Å². The Bertz CT molecular complexity index is 1170. The van der Waals surface area contributed by atoms with Crippen molar-refractivity contribution in [1.82, 2.24) is 15.0 Å². The van der Waals surface area contributed by atoms with Crippen LogP contribution in [-0.4, -0.2) is 45.3 Å². The molecule has 3 aromatic rings. The second kappa shape index (κ2) is 7.94. The van der Waals surface area contributed by atoms with Crippen LogP contribution in [0.2, 0.25) is 0 Å². The van der Waals surface area contributed by atoms with E-state index in [1.807, 2.05) is 38.1 Å². The number of carboxylic acids is 1. The van der Waals surface area contributed by atoms with E-state index in [0.717, 1.165) is 24.0 Å². The van der Waals surface area contributed by atoms with Gasteiger partial charge >= 0.3 is 5.97 Å². The minimum atomic E-state index is -0.711. The van der Waals surface area contributed by atoms with Crippen molar-refractivity contribution in [3.63, 3.8) is 0 Å². The average Bonchev–Trinajstić information content (AvgIpc) is 3.36. The van der Waals surface area contributed by atoms with Crippen molar-refractivity contribution in [3.8, 4) is 28.6 Å². The van der Waals surface area contributed by atoms with Crippen LogP contribution in [0.15, 0.2) is 40.9 Å². The molecule has 0 radical (unpaired) electrons. The minimum Gasteiger partial charge on any atom is -0.489 e. The molecule has 1 saturated heterocycles. The van der Waals surface area contributed by atoms with Gasteiger partial charge in [-0.1, -0.05) is 23.4 Å². The molecule has 2 aliphatic rings. The van der Waals surface area contributed by atoms with Crippen LogP contribution in [-0.2, 0) is 11.2 Å². The van der Waals surface area contributed by atoms with Gasteiger partial charge in [-0.3, -0.25) is 9.69 Å². The van der Waals surface area contributed by atoms with E-state index < -0.39 is 5.97 Å². The third-order valence-electron chi connectivity index (χ3n) is 6.23. The number of likely N-dealkylation sites (tertiary alicyclic amines) is 1. The third-order valence-corrected chi connectivity index (χ3v) is 6.23. The van der Waals surface area contributed by atoms with Crippen LogP contribution in [0, 0.1) is 5.92 Å². The van der Waals surface area contributed by atoms with E-state index in [4.69, 9.17) is 15.0 Å². The summed E-state index contributed by atoms with van der Waals surface area (Å²) in [6.07, 6.45) is 1.91. The highest BCUT2D eigenvalue weighted by atomic mass is 16.5.